The lowest BCUT2D eigenvalue weighted by molar-refractivity contribution is -0.148. The fourth-order valence-corrected chi connectivity index (χ4v) is 4.44. The van der Waals surface area contributed by atoms with E-state index in [1.807, 2.05) is 19.1 Å². The summed E-state index contributed by atoms with van der Waals surface area (Å²) in [5, 5.41) is 19.2. The first kappa shape index (κ1) is 28.9. The van der Waals surface area contributed by atoms with Gasteiger partial charge in [-0.3, -0.25) is 9.59 Å². The molecule has 196 valence electrons. The Morgan fingerprint density at radius 2 is 1.94 bits per heavy atom. The second-order valence-electron chi connectivity index (χ2n) is 9.53. The molecule has 2 rings (SSSR count). The molecule has 0 bridgehead atoms. The van der Waals surface area contributed by atoms with Gasteiger partial charge in [0.15, 0.2) is 0 Å². The Kier molecular flexibility index (Phi) is 11.8. The molecule has 1 heterocycles. The maximum Gasteiger partial charge on any atom is 0.327 e. The number of ether oxygens (including phenoxy) is 1. The van der Waals surface area contributed by atoms with Crippen LogP contribution in [-0.4, -0.2) is 58.7 Å². The van der Waals surface area contributed by atoms with Crippen molar-refractivity contribution in [1.82, 2.24) is 4.90 Å². The van der Waals surface area contributed by atoms with Crippen LogP contribution in [0, 0.1) is 5.92 Å². The topological polar surface area (TPSA) is 87.1 Å². The number of likely N-dealkylation sites (tertiary alicyclic amines) is 1. The zero-order valence-corrected chi connectivity index (χ0v) is 20.8. The summed E-state index contributed by atoms with van der Waals surface area (Å²) in [5.74, 6) is -5.47. The lowest BCUT2D eigenvalue weighted by Gasteiger charge is -2.22. The van der Waals surface area contributed by atoms with E-state index in [-0.39, 0.29) is 18.9 Å². The number of aliphatic hydroxyl groups is 1. The number of rotatable bonds is 16. The third-order valence-electron chi connectivity index (χ3n) is 6.52. The van der Waals surface area contributed by atoms with Crippen molar-refractivity contribution in [3.8, 4) is 0 Å². The Hall–Kier alpha value is -2.32. The van der Waals surface area contributed by atoms with Crippen molar-refractivity contribution in [2.75, 3.05) is 13.7 Å². The van der Waals surface area contributed by atoms with Crippen LogP contribution in [0.2, 0.25) is 0 Å². The van der Waals surface area contributed by atoms with Gasteiger partial charge in [-0.1, -0.05) is 56.2 Å². The number of carbonyl (C=O) groups excluding carboxylic acids is 1. The van der Waals surface area contributed by atoms with Crippen LogP contribution in [0.5, 0.6) is 0 Å². The van der Waals surface area contributed by atoms with E-state index in [0.29, 0.717) is 32.3 Å². The van der Waals surface area contributed by atoms with Crippen molar-refractivity contribution in [2.45, 2.75) is 89.4 Å². The number of carbonyl (C=O) groups is 2. The summed E-state index contributed by atoms with van der Waals surface area (Å²) < 4.78 is 33.3. The average Bonchev–Trinajstić information content (AvgIpc) is 3.02. The highest BCUT2D eigenvalue weighted by Crippen LogP contribution is 2.34. The minimum Gasteiger partial charge on any atom is -0.481 e. The van der Waals surface area contributed by atoms with Gasteiger partial charge in [0.25, 0.3) is 5.91 Å². The Labute approximate surface area is 207 Å². The highest BCUT2D eigenvalue weighted by atomic mass is 19.3. The van der Waals surface area contributed by atoms with Crippen molar-refractivity contribution in [3.05, 3.63) is 47.5 Å². The first-order valence-corrected chi connectivity index (χ1v) is 12.5. The Bertz CT molecular complexity index is 845. The normalized spacial score (nSPS) is 19.4. The highest BCUT2D eigenvalue weighted by molar-refractivity contribution is 5.86. The molecule has 1 saturated heterocycles. The summed E-state index contributed by atoms with van der Waals surface area (Å²) >= 11 is 0. The minimum absolute atomic E-state index is 0.0475. The number of carboxylic acid groups (broad SMARTS) is 1. The molecule has 0 aliphatic carbocycles. The van der Waals surface area contributed by atoms with Gasteiger partial charge in [0.2, 0.25) is 0 Å². The van der Waals surface area contributed by atoms with Crippen LogP contribution in [0.15, 0.2) is 36.4 Å². The van der Waals surface area contributed by atoms with E-state index in [0.717, 1.165) is 24.8 Å². The fourth-order valence-electron chi connectivity index (χ4n) is 4.44. The molecule has 1 aromatic carbocycles. The summed E-state index contributed by atoms with van der Waals surface area (Å²) in [7, 11) is 1.66. The summed E-state index contributed by atoms with van der Waals surface area (Å²) in [4.78, 5) is 23.9. The fraction of sp³-hybridized carbons (Fsp3) is 0.630. The molecule has 1 aromatic rings. The molecule has 0 aromatic heterocycles. The molecule has 35 heavy (non-hydrogen) atoms. The number of amides is 1. The third kappa shape index (κ3) is 9.68. The van der Waals surface area contributed by atoms with Crippen LogP contribution in [-0.2, 0) is 27.4 Å². The van der Waals surface area contributed by atoms with Crippen LogP contribution >= 0.6 is 0 Å². The Morgan fingerprint density at radius 3 is 2.66 bits per heavy atom. The molecule has 0 radical (unpaired) electrons. The van der Waals surface area contributed by atoms with Gasteiger partial charge in [0.05, 0.1) is 18.8 Å². The number of unbranched alkanes of at least 4 members (excludes halogenated alkanes) is 3. The van der Waals surface area contributed by atoms with Gasteiger partial charge in [-0.25, -0.2) is 0 Å². The van der Waals surface area contributed by atoms with Crippen LogP contribution in [0.25, 0.3) is 0 Å². The molecule has 6 nitrogen and oxygen atoms in total. The van der Waals surface area contributed by atoms with Crippen LogP contribution in [0.4, 0.5) is 8.78 Å². The zero-order chi connectivity index (χ0) is 25.8. The van der Waals surface area contributed by atoms with Crippen molar-refractivity contribution in [2.24, 2.45) is 5.92 Å². The molecule has 1 aliphatic heterocycles. The van der Waals surface area contributed by atoms with E-state index in [9.17, 15) is 23.5 Å². The number of aliphatic carboxylic acids is 1. The predicted octanol–water partition coefficient (Wildman–Crippen LogP) is 4.98. The largest absolute Gasteiger partial charge is 0.481 e. The smallest absolute Gasteiger partial charge is 0.327 e. The molecule has 8 heteroatoms. The molecule has 0 unspecified atom stereocenters. The maximum atomic E-state index is 14.1. The molecule has 0 saturated carbocycles. The number of aryl methyl sites for hydroxylation is 1. The SMILES string of the molecule is COCc1cccc(CCC[C@H](C)[C@H](O)C=C[C@H]2CC(F)(F)C(=O)N2CCCCCCC(=O)O)c1. The molecule has 1 aliphatic rings. The van der Waals surface area contributed by atoms with Crippen LogP contribution in [0.3, 0.4) is 0 Å². The molecule has 0 spiro atoms. The molecule has 2 N–H and O–H groups in total. The van der Waals surface area contributed by atoms with E-state index < -0.39 is 36.4 Å². The van der Waals surface area contributed by atoms with Gasteiger partial charge < -0.3 is 19.8 Å². The summed E-state index contributed by atoms with van der Waals surface area (Å²) in [6.07, 6.45) is 6.77. The van der Waals surface area contributed by atoms with Crippen molar-refractivity contribution < 1.29 is 33.3 Å². The third-order valence-corrected chi connectivity index (χ3v) is 6.52. The molecule has 3 atom stereocenters. The van der Waals surface area contributed by atoms with Gasteiger partial charge in [-0.2, -0.15) is 8.78 Å². The van der Waals surface area contributed by atoms with Gasteiger partial charge in [0, 0.05) is 26.5 Å². The van der Waals surface area contributed by atoms with E-state index in [4.69, 9.17) is 9.84 Å². The van der Waals surface area contributed by atoms with Gasteiger partial charge in [-0.05, 0) is 49.1 Å². The number of hydrogen-bond acceptors (Lipinski definition) is 4. The number of aliphatic hydroxyl groups excluding tert-OH is 1. The number of methoxy groups -OCH3 is 1. The molecule has 1 amide bonds. The lowest BCUT2D eigenvalue weighted by atomic mass is 9.95. The monoisotopic (exact) mass is 495 g/mol. The number of alkyl halides is 2. The van der Waals surface area contributed by atoms with E-state index in [1.54, 1.807) is 19.3 Å². The maximum absolute atomic E-state index is 14.1. The quantitative estimate of drug-likeness (QED) is 0.250. The first-order chi connectivity index (χ1) is 16.6. The van der Waals surface area contributed by atoms with E-state index >= 15 is 0 Å². The molecular weight excluding hydrogens is 456 g/mol. The Balaban J connectivity index is 1.82. The first-order valence-electron chi connectivity index (χ1n) is 12.5. The van der Waals surface area contributed by atoms with Gasteiger partial charge >= 0.3 is 11.9 Å². The summed E-state index contributed by atoms with van der Waals surface area (Å²) in [6, 6.07) is 7.46. The van der Waals surface area contributed by atoms with Gasteiger partial charge in [-0.15, -0.1) is 0 Å². The standard InChI is InChI=1S/C27H39F2NO5/c1-20(9-7-10-21-11-8-12-22(17-21)19-35-2)24(31)15-14-23-18-27(28,29)26(34)30(23)16-6-4-3-5-13-25(32)33/h8,11-12,14-15,17,20,23-24,31H,3-7,9-10,13,16,18-19H2,1-2H3,(H,32,33)/t20-,23-,24+/m0/s1. The van der Waals surface area contributed by atoms with E-state index in [2.05, 4.69) is 12.1 Å². The second kappa shape index (κ2) is 14.3. The van der Waals surface area contributed by atoms with Crippen molar-refractivity contribution >= 4 is 11.9 Å². The van der Waals surface area contributed by atoms with Crippen molar-refractivity contribution in [3.63, 3.8) is 0 Å². The Morgan fingerprint density at radius 1 is 1.23 bits per heavy atom. The zero-order valence-electron chi connectivity index (χ0n) is 20.8. The molecular formula is C27H39F2NO5. The van der Waals surface area contributed by atoms with Gasteiger partial charge in [0.1, 0.15) is 0 Å². The number of halogens is 2. The summed E-state index contributed by atoms with van der Waals surface area (Å²) in [6.45, 7) is 2.70. The highest BCUT2D eigenvalue weighted by Gasteiger charge is 2.52. The lowest BCUT2D eigenvalue weighted by Crippen LogP contribution is -2.36. The molecule has 1 fully saturated rings. The minimum atomic E-state index is -3.40. The van der Waals surface area contributed by atoms with Crippen LogP contribution < -0.4 is 0 Å². The summed E-state index contributed by atoms with van der Waals surface area (Å²) in [5.41, 5.74) is 2.33. The predicted molar refractivity (Wildman–Crippen MR) is 130 cm³/mol. The number of nitrogens with zero attached hydrogens (tertiary/aromatic N) is 1. The van der Waals surface area contributed by atoms with Crippen molar-refractivity contribution in [1.29, 1.82) is 0 Å². The average molecular weight is 496 g/mol. The number of hydrogen-bond donors (Lipinski definition) is 2. The van der Waals surface area contributed by atoms with Crippen LogP contribution in [0.1, 0.15) is 69.4 Å². The second-order valence-corrected chi connectivity index (χ2v) is 9.53. The number of carboxylic acids is 1. The van der Waals surface area contributed by atoms with E-state index in [1.165, 1.54) is 10.5 Å². The number of benzene rings is 1.